The molecule has 0 saturated heterocycles. The molecule has 0 aromatic heterocycles. The smallest absolute Gasteiger partial charge is 0.0558 e. The first-order valence-electron chi connectivity index (χ1n) is 4.68. The van der Waals surface area contributed by atoms with E-state index in [0.717, 1.165) is 19.6 Å². The fourth-order valence-electron chi connectivity index (χ4n) is 1.15. The fraction of sp³-hybridized carbons (Fsp3) is 1.00. The maximum atomic E-state index is 8.68. The SMILES string of the molecule is CCCCCN(CC)CCO. The van der Waals surface area contributed by atoms with Crippen molar-refractivity contribution in [3.05, 3.63) is 0 Å². The Morgan fingerprint density at radius 2 is 1.82 bits per heavy atom. The number of hydrogen-bond donors (Lipinski definition) is 1. The molecular weight excluding hydrogens is 138 g/mol. The molecule has 0 aliphatic rings. The van der Waals surface area contributed by atoms with Crippen molar-refractivity contribution in [1.82, 2.24) is 4.90 Å². The molecule has 0 aromatic rings. The van der Waals surface area contributed by atoms with Crippen molar-refractivity contribution < 1.29 is 5.11 Å². The van der Waals surface area contributed by atoms with Gasteiger partial charge in [-0.2, -0.15) is 0 Å². The number of nitrogens with zero attached hydrogens (tertiary/aromatic N) is 1. The highest BCUT2D eigenvalue weighted by Crippen LogP contribution is 1.97. The van der Waals surface area contributed by atoms with E-state index >= 15 is 0 Å². The summed E-state index contributed by atoms with van der Waals surface area (Å²) >= 11 is 0. The minimum absolute atomic E-state index is 0.292. The van der Waals surface area contributed by atoms with E-state index in [2.05, 4.69) is 18.7 Å². The van der Waals surface area contributed by atoms with Crippen molar-refractivity contribution in [2.75, 3.05) is 26.2 Å². The Hall–Kier alpha value is -0.0800. The lowest BCUT2D eigenvalue weighted by atomic mass is 10.2. The largest absolute Gasteiger partial charge is 0.395 e. The summed E-state index contributed by atoms with van der Waals surface area (Å²) in [5.41, 5.74) is 0. The quantitative estimate of drug-likeness (QED) is 0.569. The Kier molecular flexibility index (Phi) is 7.96. The van der Waals surface area contributed by atoms with Crippen LogP contribution in [0.3, 0.4) is 0 Å². The summed E-state index contributed by atoms with van der Waals surface area (Å²) in [4.78, 5) is 2.29. The lowest BCUT2D eigenvalue weighted by Crippen LogP contribution is -2.27. The molecule has 0 heterocycles. The Morgan fingerprint density at radius 1 is 1.09 bits per heavy atom. The van der Waals surface area contributed by atoms with Crippen LogP contribution >= 0.6 is 0 Å². The third-order valence-electron chi connectivity index (χ3n) is 1.94. The van der Waals surface area contributed by atoms with Gasteiger partial charge in [0.15, 0.2) is 0 Å². The predicted octanol–water partition coefficient (Wildman–Crippen LogP) is 1.49. The lowest BCUT2D eigenvalue weighted by molar-refractivity contribution is 0.199. The molecule has 2 heteroatoms. The minimum atomic E-state index is 0.292. The van der Waals surface area contributed by atoms with Gasteiger partial charge < -0.3 is 10.0 Å². The number of aliphatic hydroxyl groups excluding tert-OH is 1. The van der Waals surface area contributed by atoms with Gasteiger partial charge in [-0.05, 0) is 19.5 Å². The molecule has 0 amide bonds. The molecule has 0 atom stereocenters. The molecule has 0 unspecified atom stereocenters. The predicted molar refractivity (Wildman–Crippen MR) is 48.7 cm³/mol. The summed E-state index contributed by atoms with van der Waals surface area (Å²) < 4.78 is 0. The van der Waals surface area contributed by atoms with Gasteiger partial charge in [0, 0.05) is 6.54 Å². The molecule has 1 N–H and O–H groups in total. The van der Waals surface area contributed by atoms with Crippen molar-refractivity contribution in [3.8, 4) is 0 Å². The van der Waals surface area contributed by atoms with E-state index in [1.54, 1.807) is 0 Å². The van der Waals surface area contributed by atoms with Crippen LogP contribution in [0.25, 0.3) is 0 Å². The molecule has 2 nitrogen and oxygen atoms in total. The van der Waals surface area contributed by atoms with Gasteiger partial charge in [-0.3, -0.25) is 0 Å². The third kappa shape index (κ3) is 6.32. The Balaban J connectivity index is 3.20. The molecular formula is C9H21NO. The average molecular weight is 159 g/mol. The van der Waals surface area contributed by atoms with Gasteiger partial charge >= 0.3 is 0 Å². The summed E-state index contributed by atoms with van der Waals surface area (Å²) in [5, 5.41) is 8.68. The Bertz CT molecular complexity index is 76.0. The first-order chi connectivity index (χ1) is 5.35. The van der Waals surface area contributed by atoms with E-state index in [0.29, 0.717) is 6.61 Å². The van der Waals surface area contributed by atoms with E-state index < -0.39 is 0 Å². The number of hydrogen-bond acceptors (Lipinski definition) is 2. The molecule has 0 aliphatic heterocycles. The van der Waals surface area contributed by atoms with Crippen LogP contribution < -0.4 is 0 Å². The second-order valence-corrected chi connectivity index (χ2v) is 2.86. The van der Waals surface area contributed by atoms with E-state index in [-0.39, 0.29) is 0 Å². The molecule has 68 valence electrons. The maximum Gasteiger partial charge on any atom is 0.0558 e. The first-order valence-corrected chi connectivity index (χ1v) is 4.68. The number of likely N-dealkylation sites (N-methyl/N-ethyl adjacent to an activating group) is 1. The van der Waals surface area contributed by atoms with Gasteiger partial charge in [0.1, 0.15) is 0 Å². The first kappa shape index (κ1) is 10.9. The van der Waals surface area contributed by atoms with Crippen LogP contribution in [0.2, 0.25) is 0 Å². The van der Waals surface area contributed by atoms with E-state index in [9.17, 15) is 0 Å². The molecule has 0 radical (unpaired) electrons. The normalized spacial score (nSPS) is 10.9. The zero-order valence-corrected chi connectivity index (χ0v) is 7.84. The van der Waals surface area contributed by atoms with Gasteiger partial charge in [0.2, 0.25) is 0 Å². The molecule has 0 spiro atoms. The number of rotatable bonds is 7. The monoisotopic (exact) mass is 159 g/mol. The Morgan fingerprint density at radius 3 is 2.27 bits per heavy atom. The van der Waals surface area contributed by atoms with Crippen molar-refractivity contribution in [2.24, 2.45) is 0 Å². The summed E-state index contributed by atoms with van der Waals surface area (Å²) in [5.74, 6) is 0. The minimum Gasteiger partial charge on any atom is -0.395 e. The highest BCUT2D eigenvalue weighted by molar-refractivity contribution is 4.53. The van der Waals surface area contributed by atoms with E-state index in [1.807, 2.05) is 0 Å². The van der Waals surface area contributed by atoms with Crippen LogP contribution in [0.15, 0.2) is 0 Å². The molecule has 0 aliphatic carbocycles. The maximum absolute atomic E-state index is 8.68. The van der Waals surface area contributed by atoms with Gasteiger partial charge in [0.05, 0.1) is 6.61 Å². The van der Waals surface area contributed by atoms with Crippen LogP contribution in [-0.4, -0.2) is 36.2 Å². The average Bonchev–Trinajstić information content (AvgIpc) is 2.03. The summed E-state index contributed by atoms with van der Waals surface area (Å²) in [7, 11) is 0. The summed E-state index contributed by atoms with van der Waals surface area (Å²) in [6.07, 6.45) is 3.85. The molecule has 0 aromatic carbocycles. The fourth-order valence-corrected chi connectivity index (χ4v) is 1.15. The van der Waals surface area contributed by atoms with Gasteiger partial charge in [-0.25, -0.2) is 0 Å². The number of aliphatic hydroxyl groups is 1. The molecule has 0 fully saturated rings. The van der Waals surface area contributed by atoms with Crippen molar-refractivity contribution in [3.63, 3.8) is 0 Å². The zero-order chi connectivity index (χ0) is 8.53. The van der Waals surface area contributed by atoms with Gasteiger partial charge in [-0.1, -0.05) is 26.7 Å². The second-order valence-electron chi connectivity index (χ2n) is 2.86. The third-order valence-corrected chi connectivity index (χ3v) is 1.94. The van der Waals surface area contributed by atoms with Crippen LogP contribution in [0.5, 0.6) is 0 Å². The molecule has 0 rings (SSSR count). The summed E-state index contributed by atoms with van der Waals surface area (Å²) in [6, 6.07) is 0. The Labute approximate surface area is 70.2 Å². The molecule has 0 saturated carbocycles. The standard InChI is InChI=1S/C9H21NO/c1-3-5-6-7-10(4-2)8-9-11/h11H,3-9H2,1-2H3. The summed E-state index contributed by atoms with van der Waals surface area (Å²) in [6.45, 7) is 7.68. The highest BCUT2D eigenvalue weighted by Gasteiger charge is 1.98. The van der Waals surface area contributed by atoms with Crippen LogP contribution in [0.4, 0.5) is 0 Å². The van der Waals surface area contributed by atoms with E-state index in [1.165, 1.54) is 19.3 Å². The van der Waals surface area contributed by atoms with Gasteiger partial charge in [-0.15, -0.1) is 0 Å². The second kappa shape index (κ2) is 8.02. The lowest BCUT2D eigenvalue weighted by Gasteiger charge is -2.18. The molecule has 0 bridgehead atoms. The van der Waals surface area contributed by atoms with Crippen molar-refractivity contribution >= 4 is 0 Å². The van der Waals surface area contributed by atoms with Crippen LogP contribution in [0, 0.1) is 0 Å². The topological polar surface area (TPSA) is 23.5 Å². The zero-order valence-electron chi connectivity index (χ0n) is 7.84. The molecule has 11 heavy (non-hydrogen) atoms. The van der Waals surface area contributed by atoms with Crippen molar-refractivity contribution in [2.45, 2.75) is 33.1 Å². The van der Waals surface area contributed by atoms with Crippen LogP contribution in [0.1, 0.15) is 33.1 Å². The van der Waals surface area contributed by atoms with E-state index in [4.69, 9.17) is 5.11 Å². The number of unbranched alkanes of at least 4 members (excludes halogenated alkanes) is 2. The van der Waals surface area contributed by atoms with Crippen LogP contribution in [-0.2, 0) is 0 Å². The van der Waals surface area contributed by atoms with Crippen molar-refractivity contribution in [1.29, 1.82) is 0 Å². The van der Waals surface area contributed by atoms with Gasteiger partial charge in [0.25, 0.3) is 0 Å². The highest BCUT2D eigenvalue weighted by atomic mass is 16.3.